The van der Waals surface area contributed by atoms with Crippen LogP contribution in [-0.2, 0) is 0 Å². The summed E-state index contributed by atoms with van der Waals surface area (Å²) >= 11 is 1.23. The van der Waals surface area contributed by atoms with E-state index in [9.17, 15) is 13.6 Å². The highest BCUT2D eigenvalue weighted by atomic mass is 32.1. The highest BCUT2D eigenvalue weighted by molar-refractivity contribution is 7.15. The number of carbonyl (C=O) groups excluding carboxylic acids is 1. The van der Waals surface area contributed by atoms with Crippen LogP contribution in [0.25, 0.3) is 0 Å². The second-order valence-electron chi connectivity index (χ2n) is 3.33. The summed E-state index contributed by atoms with van der Waals surface area (Å²) in [5, 5.41) is 2.66. The highest BCUT2D eigenvalue weighted by Crippen LogP contribution is 2.19. The molecule has 1 heterocycles. The number of nitrogens with zero attached hydrogens (tertiary/aromatic N) is 1. The number of hydrogen-bond donors (Lipinski definition) is 1. The molecule has 17 heavy (non-hydrogen) atoms. The third-order valence-electron chi connectivity index (χ3n) is 2.03. The second kappa shape index (κ2) is 4.58. The Bertz CT molecular complexity index is 548. The van der Waals surface area contributed by atoms with Crippen LogP contribution in [-0.4, -0.2) is 10.9 Å². The molecule has 1 aromatic heterocycles. The van der Waals surface area contributed by atoms with Gasteiger partial charge in [-0.2, -0.15) is 0 Å². The quantitative estimate of drug-likeness (QED) is 0.895. The number of nitrogens with one attached hydrogen (secondary N) is 1. The summed E-state index contributed by atoms with van der Waals surface area (Å²) in [5.41, 5.74) is -0.597. The summed E-state index contributed by atoms with van der Waals surface area (Å²) in [6.07, 6.45) is 1.57. The number of thiazole rings is 1. The Hall–Kier alpha value is -1.82. The predicted octanol–water partition coefficient (Wildman–Crippen LogP) is 2.98. The van der Waals surface area contributed by atoms with Gasteiger partial charge in [0.05, 0.1) is 0 Å². The molecule has 0 aliphatic carbocycles. The topological polar surface area (TPSA) is 42.0 Å². The van der Waals surface area contributed by atoms with Gasteiger partial charge in [0.2, 0.25) is 0 Å². The molecule has 0 saturated carbocycles. The van der Waals surface area contributed by atoms with Crippen LogP contribution >= 0.6 is 11.3 Å². The summed E-state index contributed by atoms with van der Waals surface area (Å²) in [6.45, 7) is 1.82. The standard InChI is InChI=1S/C11H8F2N2OS/c1-6-5-14-11(17-6)15-10(16)9-7(12)3-2-4-8(9)13/h2-5H,1H3,(H,14,15,16). The van der Waals surface area contributed by atoms with E-state index in [1.165, 1.54) is 17.4 Å². The van der Waals surface area contributed by atoms with Crippen molar-refractivity contribution in [1.29, 1.82) is 0 Å². The molecule has 6 heteroatoms. The van der Waals surface area contributed by atoms with Gasteiger partial charge >= 0.3 is 0 Å². The van der Waals surface area contributed by atoms with Crippen molar-refractivity contribution in [2.45, 2.75) is 6.92 Å². The molecule has 2 aromatic rings. The van der Waals surface area contributed by atoms with Crippen LogP contribution in [0.4, 0.5) is 13.9 Å². The minimum Gasteiger partial charge on any atom is -0.298 e. The molecule has 0 unspecified atom stereocenters. The van der Waals surface area contributed by atoms with Crippen LogP contribution in [0.15, 0.2) is 24.4 Å². The molecular weight excluding hydrogens is 246 g/mol. The normalized spacial score (nSPS) is 10.3. The first-order valence-electron chi connectivity index (χ1n) is 4.75. The molecule has 0 aliphatic rings. The Labute approximate surface area is 100 Å². The lowest BCUT2D eigenvalue weighted by Crippen LogP contribution is -2.15. The van der Waals surface area contributed by atoms with Gasteiger partial charge in [-0.25, -0.2) is 13.8 Å². The van der Waals surface area contributed by atoms with E-state index in [4.69, 9.17) is 0 Å². The molecular formula is C11H8F2N2OS. The van der Waals surface area contributed by atoms with E-state index < -0.39 is 23.1 Å². The van der Waals surface area contributed by atoms with Crippen molar-refractivity contribution in [2.24, 2.45) is 0 Å². The molecule has 1 aromatic carbocycles. The van der Waals surface area contributed by atoms with Gasteiger partial charge in [0, 0.05) is 11.1 Å². The number of amides is 1. The van der Waals surface area contributed by atoms with Crippen molar-refractivity contribution in [2.75, 3.05) is 5.32 Å². The molecule has 88 valence electrons. The van der Waals surface area contributed by atoms with E-state index >= 15 is 0 Å². The van der Waals surface area contributed by atoms with Crippen LogP contribution in [0.1, 0.15) is 15.2 Å². The van der Waals surface area contributed by atoms with Crippen LogP contribution in [0, 0.1) is 18.6 Å². The molecule has 0 radical (unpaired) electrons. The number of halogens is 2. The fraction of sp³-hybridized carbons (Fsp3) is 0.0909. The van der Waals surface area contributed by atoms with E-state index in [0.717, 1.165) is 17.0 Å². The lowest BCUT2D eigenvalue weighted by atomic mass is 10.2. The molecule has 0 aliphatic heterocycles. The molecule has 1 amide bonds. The van der Waals surface area contributed by atoms with Gasteiger partial charge in [-0.1, -0.05) is 6.07 Å². The summed E-state index contributed by atoms with van der Waals surface area (Å²) in [6, 6.07) is 3.27. The Kier molecular flexibility index (Phi) is 3.14. The number of rotatable bonds is 2. The largest absolute Gasteiger partial charge is 0.298 e. The molecule has 2 rings (SSSR count). The molecule has 1 N–H and O–H groups in total. The maximum absolute atomic E-state index is 13.3. The van der Waals surface area contributed by atoms with Crippen molar-refractivity contribution in [3.05, 3.63) is 46.5 Å². The van der Waals surface area contributed by atoms with Gasteiger partial charge in [-0.3, -0.25) is 10.1 Å². The van der Waals surface area contributed by atoms with Gasteiger partial charge in [-0.05, 0) is 19.1 Å². The molecule has 0 fully saturated rings. The minimum atomic E-state index is -0.893. The summed E-state index contributed by atoms with van der Waals surface area (Å²) < 4.78 is 26.6. The number of aryl methyl sites for hydroxylation is 1. The number of anilines is 1. The zero-order valence-corrected chi connectivity index (χ0v) is 9.65. The highest BCUT2D eigenvalue weighted by Gasteiger charge is 2.17. The number of carbonyl (C=O) groups is 1. The van der Waals surface area contributed by atoms with Crippen molar-refractivity contribution in [3.8, 4) is 0 Å². The predicted molar refractivity (Wildman–Crippen MR) is 61.2 cm³/mol. The average molecular weight is 254 g/mol. The first-order chi connectivity index (χ1) is 8.08. The van der Waals surface area contributed by atoms with Crippen molar-refractivity contribution in [3.63, 3.8) is 0 Å². The van der Waals surface area contributed by atoms with Gasteiger partial charge in [0.25, 0.3) is 5.91 Å². The summed E-state index contributed by atoms with van der Waals surface area (Å²) in [4.78, 5) is 16.4. The first-order valence-corrected chi connectivity index (χ1v) is 5.57. The summed E-state index contributed by atoms with van der Waals surface area (Å²) in [7, 11) is 0. The van der Waals surface area contributed by atoms with E-state index in [2.05, 4.69) is 10.3 Å². The monoisotopic (exact) mass is 254 g/mol. The Morgan fingerprint density at radius 3 is 2.53 bits per heavy atom. The molecule has 0 spiro atoms. The van der Waals surface area contributed by atoms with Crippen LogP contribution in [0.3, 0.4) is 0 Å². The third-order valence-corrected chi connectivity index (χ3v) is 2.86. The molecule has 3 nitrogen and oxygen atoms in total. The molecule has 0 saturated heterocycles. The number of benzene rings is 1. The minimum absolute atomic E-state index is 0.315. The summed E-state index contributed by atoms with van der Waals surface area (Å²) in [5.74, 6) is -2.62. The zero-order valence-electron chi connectivity index (χ0n) is 8.83. The van der Waals surface area contributed by atoms with Crippen molar-refractivity contribution < 1.29 is 13.6 Å². The van der Waals surface area contributed by atoms with Crippen molar-refractivity contribution in [1.82, 2.24) is 4.98 Å². The van der Waals surface area contributed by atoms with E-state index in [1.54, 1.807) is 6.20 Å². The van der Waals surface area contributed by atoms with Crippen molar-refractivity contribution >= 4 is 22.4 Å². The molecule has 0 atom stereocenters. The van der Waals surface area contributed by atoms with Crippen LogP contribution < -0.4 is 5.32 Å². The van der Waals surface area contributed by atoms with E-state index in [0.29, 0.717) is 5.13 Å². The molecule has 0 bridgehead atoms. The van der Waals surface area contributed by atoms with Crippen LogP contribution in [0.5, 0.6) is 0 Å². The van der Waals surface area contributed by atoms with E-state index in [-0.39, 0.29) is 0 Å². The number of aromatic nitrogens is 1. The maximum Gasteiger partial charge on any atom is 0.263 e. The Morgan fingerprint density at radius 1 is 1.35 bits per heavy atom. The zero-order chi connectivity index (χ0) is 12.4. The maximum atomic E-state index is 13.3. The first kappa shape index (κ1) is 11.7. The lowest BCUT2D eigenvalue weighted by molar-refractivity contribution is 0.101. The fourth-order valence-electron chi connectivity index (χ4n) is 1.29. The lowest BCUT2D eigenvalue weighted by Gasteiger charge is -2.03. The van der Waals surface area contributed by atoms with Gasteiger partial charge in [0.15, 0.2) is 5.13 Å². The smallest absolute Gasteiger partial charge is 0.263 e. The van der Waals surface area contributed by atoms with Gasteiger partial charge in [0.1, 0.15) is 17.2 Å². The SMILES string of the molecule is Cc1cnc(NC(=O)c2c(F)cccc2F)s1. The van der Waals surface area contributed by atoms with E-state index in [1.807, 2.05) is 6.92 Å². The van der Waals surface area contributed by atoms with Crippen LogP contribution in [0.2, 0.25) is 0 Å². The average Bonchev–Trinajstić information content (AvgIpc) is 2.63. The second-order valence-corrected chi connectivity index (χ2v) is 4.56. The van der Waals surface area contributed by atoms with Gasteiger partial charge in [-0.15, -0.1) is 11.3 Å². The van der Waals surface area contributed by atoms with Gasteiger partial charge < -0.3 is 0 Å². The number of hydrogen-bond acceptors (Lipinski definition) is 3. The third kappa shape index (κ3) is 2.47. The Balaban J connectivity index is 2.26. The Morgan fingerprint density at radius 2 is 2.00 bits per heavy atom. The fourth-order valence-corrected chi connectivity index (χ4v) is 1.95.